The van der Waals surface area contributed by atoms with Gasteiger partial charge in [0.15, 0.2) is 0 Å². The molecule has 0 heterocycles. The Bertz CT molecular complexity index is 340. The zero-order valence-corrected chi connectivity index (χ0v) is 10.0. The van der Waals surface area contributed by atoms with Crippen LogP contribution in [0.4, 0.5) is 8.78 Å². The summed E-state index contributed by atoms with van der Waals surface area (Å²) in [5, 5.41) is 0. The Balaban J connectivity index is 3.07. The molecular formula is C12H18F2N2O. The Labute approximate surface area is 99.9 Å². The maximum absolute atomic E-state index is 13.6. The SMILES string of the molecule is CCOC(CC)C(NN)c1c(F)cccc1F. The zero-order valence-electron chi connectivity index (χ0n) is 10.0. The van der Waals surface area contributed by atoms with Gasteiger partial charge in [-0.25, -0.2) is 8.78 Å². The van der Waals surface area contributed by atoms with E-state index in [9.17, 15) is 8.78 Å². The highest BCUT2D eigenvalue weighted by Gasteiger charge is 2.26. The Morgan fingerprint density at radius 2 is 1.88 bits per heavy atom. The van der Waals surface area contributed by atoms with Crippen LogP contribution < -0.4 is 11.3 Å². The van der Waals surface area contributed by atoms with Crippen molar-refractivity contribution in [2.75, 3.05) is 6.61 Å². The maximum atomic E-state index is 13.6. The lowest BCUT2D eigenvalue weighted by molar-refractivity contribution is 0.0295. The predicted molar refractivity (Wildman–Crippen MR) is 62.1 cm³/mol. The van der Waals surface area contributed by atoms with Crippen molar-refractivity contribution in [1.82, 2.24) is 5.43 Å². The summed E-state index contributed by atoms with van der Waals surface area (Å²) < 4.78 is 32.7. The standard InChI is InChI=1S/C12H18F2N2O/c1-3-10(17-4-2)12(16-15)11-8(13)6-5-7-9(11)14/h5-7,10,12,16H,3-4,15H2,1-2H3. The van der Waals surface area contributed by atoms with Crippen molar-refractivity contribution < 1.29 is 13.5 Å². The van der Waals surface area contributed by atoms with Crippen LogP contribution in [-0.2, 0) is 4.74 Å². The Morgan fingerprint density at radius 1 is 1.29 bits per heavy atom. The second-order valence-corrected chi connectivity index (χ2v) is 3.68. The smallest absolute Gasteiger partial charge is 0.131 e. The van der Waals surface area contributed by atoms with Crippen LogP contribution in [0.3, 0.4) is 0 Å². The van der Waals surface area contributed by atoms with E-state index in [0.717, 1.165) is 0 Å². The summed E-state index contributed by atoms with van der Waals surface area (Å²) in [6, 6.07) is 3.05. The second kappa shape index (κ2) is 6.64. The highest BCUT2D eigenvalue weighted by Crippen LogP contribution is 2.26. The van der Waals surface area contributed by atoms with Gasteiger partial charge in [-0.1, -0.05) is 13.0 Å². The van der Waals surface area contributed by atoms with Gasteiger partial charge in [-0.3, -0.25) is 11.3 Å². The minimum atomic E-state index is -0.693. The fourth-order valence-electron chi connectivity index (χ4n) is 1.85. The molecule has 1 aromatic carbocycles. The number of nitrogens with one attached hydrogen (secondary N) is 1. The highest BCUT2D eigenvalue weighted by molar-refractivity contribution is 5.24. The lowest BCUT2D eigenvalue weighted by Crippen LogP contribution is -2.39. The van der Waals surface area contributed by atoms with Crippen molar-refractivity contribution in [2.45, 2.75) is 32.4 Å². The van der Waals surface area contributed by atoms with Crippen molar-refractivity contribution in [3.05, 3.63) is 35.4 Å². The van der Waals surface area contributed by atoms with Crippen LogP contribution >= 0.6 is 0 Å². The van der Waals surface area contributed by atoms with Crippen molar-refractivity contribution in [2.24, 2.45) is 5.84 Å². The van der Waals surface area contributed by atoms with Crippen molar-refractivity contribution >= 4 is 0 Å². The molecule has 0 aliphatic carbocycles. The third-order valence-electron chi connectivity index (χ3n) is 2.65. The molecule has 0 bridgehead atoms. The molecule has 0 amide bonds. The molecule has 2 unspecified atom stereocenters. The molecule has 17 heavy (non-hydrogen) atoms. The molecule has 0 saturated carbocycles. The quantitative estimate of drug-likeness (QED) is 0.596. The summed E-state index contributed by atoms with van der Waals surface area (Å²) in [6.45, 7) is 4.17. The second-order valence-electron chi connectivity index (χ2n) is 3.68. The van der Waals surface area contributed by atoms with Gasteiger partial charge in [0, 0.05) is 12.2 Å². The monoisotopic (exact) mass is 244 g/mol. The lowest BCUT2D eigenvalue weighted by atomic mass is 9.99. The Hall–Kier alpha value is -1.04. The van der Waals surface area contributed by atoms with Gasteiger partial charge < -0.3 is 4.74 Å². The summed E-state index contributed by atoms with van der Waals surface area (Å²) in [4.78, 5) is 0. The molecule has 0 aromatic heterocycles. The molecule has 1 aromatic rings. The molecule has 0 aliphatic heterocycles. The van der Waals surface area contributed by atoms with E-state index in [0.29, 0.717) is 13.0 Å². The number of hydrazine groups is 1. The van der Waals surface area contributed by atoms with Crippen LogP contribution in [0.5, 0.6) is 0 Å². The van der Waals surface area contributed by atoms with Crippen molar-refractivity contribution in [1.29, 1.82) is 0 Å². The van der Waals surface area contributed by atoms with E-state index in [1.54, 1.807) is 0 Å². The number of hydrogen-bond acceptors (Lipinski definition) is 3. The molecule has 5 heteroatoms. The van der Waals surface area contributed by atoms with Gasteiger partial charge >= 0.3 is 0 Å². The average molecular weight is 244 g/mol. The van der Waals surface area contributed by atoms with Gasteiger partial charge in [-0.15, -0.1) is 0 Å². The first-order chi connectivity index (χ1) is 8.15. The van der Waals surface area contributed by atoms with Crippen molar-refractivity contribution in [3.8, 4) is 0 Å². The molecule has 3 N–H and O–H groups in total. The predicted octanol–water partition coefficient (Wildman–Crippen LogP) is 2.28. The molecule has 0 aliphatic rings. The number of ether oxygens (including phenoxy) is 1. The van der Waals surface area contributed by atoms with E-state index in [2.05, 4.69) is 5.43 Å². The summed E-state index contributed by atoms with van der Waals surface area (Å²) in [5.74, 6) is 4.15. The fourth-order valence-corrected chi connectivity index (χ4v) is 1.85. The van der Waals surface area contributed by atoms with Gasteiger partial charge in [0.25, 0.3) is 0 Å². The largest absolute Gasteiger partial charge is 0.376 e. The van der Waals surface area contributed by atoms with Gasteiger partial charge in [-0.05, 0) is 25.5 Å². The van der Waals surface area contributed by atoms with Crippen LogP contribution in [0.1, 0.15) is 31.9 Å². The molecule has 2 atom stereocenters. The van der Waals surface area contributed by atoms with Gasteiger partial charge in [-0.2, -0.15) is 0 Å². The highest BCUT2D eigenvalue weighted by atomic mass is 19.1. The van der Waals surface area contributed by atoms with E-state index in [4.69, 9.17) is 10.6 Å². The third kappa shape index (κ3) is 3.21. The molecule has 96 valence electrons. The van der Waals surface area contributed by atoms with Crippen LogP contribution in [0.15, 0.2) is 18.2 Å². The van der Waals surface area contributed by atoms with E-state index < -0.39 is 17.7 Å². The first-order valence-corrected chi connectivity index (χ1v) is 5.67. The number of nitrogens with two attached hydrogens (primary N) is 1. The van der Waals surface area contributed by atoms with Crippen LogP contribution in [0, 0.1) is 11.6 Å². The van der Waals surface area contributed by atoms with E-state index in [-0.39, 0.29) is 11.7 Å². The number of halogens is 2. The zero-order chi connectivity index (χ0) is 12.8. The van der Waals surface area contributed by atoms with Crippen LogP contribution in [0.25, 0.3) is 0 Å². The van der Waals surface area contributed by atoms with Gasteiger partial charge in [0.05, 0.1) is 12.1 Å². The number of hydrogen-bond donors (Lipinski definition) is 2. The fraction of sp³-hybridized carbons (Fsp3) is 0.500. The first-order valence-electron chi connectivity index (χ1n) is 5.67. The normalized spacial score (nSPS) is 14.6. The summed E-state index contributed by atoms with van der Waals surface area (Å²) in [6.07, 6.45) is 0.243. The summed E-state index contributed by atoms with van der Waals surface area (Å²) >= 11 is 0. The molecule has 0 saturated heterocycles. The molecule has 1 rings (SSSR count). The Morgan fingerprint density at radius 3 is 2.29 bits per heavy atom. The molecule has 0 spiro atoms. The van der Waals surface area contributed by atoms with E-state index in [1.165, 1.54) is 18.2 Å². The van der Waals surface area contributed by atoms with Gasteiger partial charge in [0.1, 0.15) is 11.6 Å². The van der Waals surface area contributed by atoms with Crippen LogP contribution in [0.2, 0.25) is 0 Å². The lowest BCUT2D eigenvalue weighted by Gasteiger charge is -2.26. The minimum Gasteiger partial charge on any atom is -0.376 e. The van der Waals surface area contributed by atoms with Crippen LogP contribution in [-0.4, -0.2) is 12.7 Å². The van der Waals surface area contributed by atoms with E-state index >= 15 is 0 Å². The Kier molecular flexibility index (Phi) is 5.47. The molecular weight excluding hydrogens is 226 g/mol. The maximum Gasteiger partial charge on any atom is 0.131 e. The molecule has 3 nitrogen and oxygen atoms in total. The topological polar surface area (TPSA) is 47.3 Å². The van der Waals surface area contributed by atoms with E-state index in [1.807, 2.05) is 13.8 Å². The minimum absolute atomic E-state index is 0.0738. The molecule has 0 radical (unpaired) electrons. The van der Waals surface area contributed by atoms with Gasteiger partial charge in [0.2, 0.25) is 0 Å². The number of rotatable bonds is 6. The average Bonchev–Trinajstić information content (AvgIpc) is 2.32. The molecule has 0 fully saturated rings. The van der Waals surface area contributed by atoms with Crippen molar-refractivity contribution in [3.63, 3.8) is 0 Å². The number of benzene rings is 1. The summed E-state index contributed by atoms with van der Waals surface area (Å²) in [7, 11) is 0. The summed E-state index contributed by atoms with van der Waals surface area (Å²) in [5.41, 5.74) is 2.36. The third-order valence-corrected chi connectivity index (χ3v) is 2.65. The first kappa shape index (κ1) is 14.0.